The Balaban J connectivity index is 1.68. The van der Waals surface area contributed by atoms with E-state index in [0.717, 1.165) is 29.3 Å². The lowest BCUT2D eigenvalue weighted by molar-refractivity contribution is 0.130. The number of pyridine rings is 1. The third-order valence-corrected chi connectivity index (χ3v) is 5.28. The van der Waals surface area contributed by atoms with Gasteiger partial charge in [-0.3, -0.25) is 4.98 Å². The van der Waals surface area contributed by atoms with Crippen molar-refractivity contribution in [2.24, 2.45) is 0 Å². The van der Waals surface area contributed by atoms with E-state index in [1.54, 1.807) is 12.4 Å². The van der Waals surface area contributed by atoms with E-state index in [0.29, 0.717) is 5.56 Å². The quantitative estimate of drug-likeness (QED) is 0.592. The molecule has 3 aromatic rings. The van der Waals surface area contributed by atoms with Crippen LogP contribution in [0.1, 0.15) is 49.6 Å². The Morgan fingerprint density at radius 3 is 2.40 bits per heavy atom. The summed E-state index contributed by atoms with van der Waals surface area (Å²) in [6.07, 6.45) is 1.64. The van der Waals surface area contributed by atoms with Gasteiger partial charge in [0.15, 0.2) is 6.10 Å². The van der Waals surface area contributed by atoms with Crippen LogP contribution >= 0.6 is 0 Å². The molecule has 4 nitrogen and oxygen atoms in total. The summed E-state index contributed by atoms with van der Waals surface area (Å²) < 4.78 is 33.3. The van der Waals surface area contributed by atoms with Crippen LogP contribution in [0.4, 0.5) is 13.6 Å². The predicted molar refractivity (Wildman–Crippen MR) is 110 cm³/mol. The van der Waals surface area contributed by atoms with Crippen molar-refractivity contribution in [3.63, 3.8) is 0 Å². The topological polar surface area (TPSA) is 51.2 Å². The lowest BCUT2D eigenvalue weighted by Crippen LogP contribution is -2.20. The first-order chi connectivity index (χ1) is 14.2. The van der Waals surface area contributed by atoms with Crippen LogP contribution in [0.5, 0.6) is 0 Å². The zero-order valence-electron chi connectivity index (χ0n) is 16.9. The molecule has 0 spiro atoms. The van der Waals surface area contributed by atoms with E-state index < -0.39 is 29.9 Å². The molecule has 1 aliphatic rings. The van der Waals surface area contributed by atoms with Crippen molar-refractivity contribution in [1.82, 2.24) is 10.3 Å². The molecular weight excluding hydrogens is 386 g/mol. The summed E-state index contributed by atoms with van der Waals surface area (Å²) in [4.78, 5) is 16.2. The minimum absolute atomic E-state index is 0.0155. The van der Waals surface area contributed by atoms with Crippen molar-refractivity contribution in [2.75, 3.05) is 0 Å². The van der Waals surface area contributed by atoms with E-state index in [1.807, 2.05) is 18.2 Å². The molecule has 6 heteroatoms. The number of nitrogens with zero attached hydrogens (tertiary/aromatic N) is 1. The van der Waals surface area contributed by atoms with E-state index in [9.17, 15) is 13.6 Å². The molecule has 1 amide bonds. The van der Waals surface area contributed by atoms with Gasteiger partial charge in [0.05, 0.1) is 0 Å². The summed E-state index contributed by atoms with van der Waals surface area (Å²) in [5.74, 6) is -1.23. The Labute approximate surface area is 173 Å². The molecule has 30 heavy (non-hydrogen) atoms. The summed E-state index contributed by atoms with van der Waals surface area (Å²) >= 11 is 0. The first-order valence-electron chi connectivity index (χ1n) is 9.70. The molecule has 1 N–H and O–H groups in total. The van der Waals surface area contributed by atoms with Gasteiger partial charge < -0.3 is 10.1 Å². The Hall–Kier alpha value is -3.28. The van der Waals surface area contributed by atoms with Gasteiger partial charge in [-0.2, -0.15) is 0 Å². The number of rotatable bonds is 3. The van der Waals surface area contributed by atoms with Crippen molar-refractivity contribution in [3.8, 4) is 11.1 Å². The van der Waals surface area contributed by atoms with Gasteiger partial charge in [0.25, 0.3) is 0 Å². The maximum Gasteiger partial charge on any atom is 0.408 e. The van der Waals surface area contributed by atoms with Gasteiger partial charge in [-0.1, -0.05) is 45.0 Å². The minimum Gasteiger partial charge on any atom is -0.439 e. The summed E-state index contributed by atoms with van der Waals surface area (Å²) in [6, 6.07) is 12.5. The monoisotopic (exact) mass is 408 g/mol. The maximum absolute atomic E-state index is 14.3. The van der Waals surface area contributed by atoms with E-state index in [2.05, 4.69) is 43.2 Å². The molecule has 0 bridgehead atoms. The van der Waals surface area contributed by atoms with Gasteiger partial charge >= 0.3 is 6.09 Å². The molecule has 2 heterocycles. The van der Waals surface area contributed by atoms with Crippen molar-refractivity contribution >= 4 is 6.09 Å². The molecule has 2 atom stereocenters. The number of hydrogen-bond acceptors (Lipinski definition) is 3. The highest BCUT2D eigenvalue weighted by Crippen LogP contribution is 2.38. The largest absolute Gasteiger partial charge is 0.439 e. The average molecular weight is 408 g/mol. The number of aromatic nitrogens is 1. The van der Waals surface area contributed by atoms with Crippen LogP contribution in [0.3, 0.4) is 0 Å². The Morgan fingerprint density at radius 1 is 0.967 bits per heavy atom. The molecule has 0 aliphatic carbocycles. The van der Waals surface area contributed by atoms with Crippen molar-refractivity contribution in [1.29, 1.82) is 0 Å². The number of nitrogens with one attached hydrogen (secondary N) is 1. The number of carbonyl (C=O) groups is 1. The molecule has 1 aliphatic heterocycles. The van der Waals surface area contributed by atoms with Crippen LogP contribution in [0.2, 0.25) is 0 Å². The maximum atomic E-state index is 14.3. The number of benzene rings is 2. The van der Waals surface area contributed by atoms with Crippen LogP contribution in [-0.4, -0.2) is 11.1 Å². The lowest BCUT2D eigenvalue weighted by Gasteiger charge is -2.20. The van der Waals surface area contributed by atoms with Crippen LogP contribution in [0.25, 0.3) is 11.1 Å². The Morgan fingerprint density at radius 2 is 1.70 bits per heavy atom. The molecule has 0 radical (unpaired) electrons. The minimum atomic E-state index is -0.992. The molecule has 1 fully saturated rings. The van der Waals surface area contributed by atoms with Gasteiger partial charge in [0, 0.05) is 23.5 Å². The number of ether oxygens (including phenoxy) is 1. The van der Waals surface area contributed by atoms with E-state index in [1.165, 1.54) is 5.56 Å². The third kappa shape index (κ3) is 3.90. The summed E-state index contributed by atoms with van der Waals surface area (Å²) in [5, 5.41) is 2.68. The second kappa shape index (κ2) is 7.52. The summed E-state index contributed by atoms with van der Waals surface area (Å²) in [6.45, 7) is 6.45. The van der Waals surface area contributed by atoms with Crippen LogP contribution < -0.4 is 5.32 Å². The fraction of sp³-hybridized carbons (Fsp3) is 0.250. The molecule has 154 valence electrons. The number of hydrogen-bond donors (Lipinski definition) is 1. The highest BCUT2D eigenvalue weighted by molar-refractivity contribution is 5.72. The highest BCUT2D eigenvalue weighted by Gasteiger charge is 2.38. The van der Waals surface area contributed by atoms with E-state index in [-0.39, 0.29) is 11.0 Å². The van der Waals surface area contributed by atoms with Gasteiger partial charge in [-0.25, -0.2) is 13.6 Å². The third-order valence-electron chi connectivity index (χ3n) is 5.28. The normalized spacial score (nSPS) is 18.8. The molecule has 4 rings (SSSR count). The lowest BCUT2D eigenvalue weighted by atomic mass is 9.86. The molecule has 1 unspecified atom stereocenters. The molecule has 2 aromatic carbocycles. The van der Waals surface area contributed by atoms with Crippen molar-refractivity contribution in [3.05, 3.63) is 89.2 Å². The zero-order valence-corrected chi connectivity index (χ0v) is 16.9. The first-order valence-corrected chi connectivity index (χ1v) is 9.70. The number of alkyl carbamates (subject to hydrolysis) is 1. The Kier molecular flexibility index (Phi) is 5.02. The van der Waals surface area contributed by atoms with Crippen LogP contribution in [0.15, 0.2) is 60.9 Å². The summed E-state index contributed by atoms with van der Waals surface area (Å²) in [7, 11) is 0. The number of carbonyl (C=O) groups excluding carboxylic acids is 1. The second-order valence-electron chi connectivity index (χ2n) is 8.45. The smallest absolute Gasteiger partial charge is 0.408 e. The zero-order chi connectivity index (χ0) is 21.5. The van der Waals surface area contributed by atoms with Gasteiger partial charge in [-0.05, 0) is 46.4 Å². The number of cyclic esters (lactones) is 1. The Bertz CT molecular complexity index is 1090. The highest BCUT2D eigenvalue weighted by atomic mass is 19.1. The SMILES string of the molecule is CC(C)(C)c1ccc(-c2cncc([C@H]3NC(=O)OC3c3cc(F)ccc3F)c2)cc1. The molecule has 1 saturated heterocycles. The van der Waals surface area contributed by atoms with E-state index >= 15 is 0 Å². The fourth-order valence-electron chi connectivity index (χ4n) is 3.60. The van der Waals surface area contributed by atoms with Crippen LogP contribution in [-0.2, 0) is 10.2 Å². The van der Waals surface area contributed by atoms with Gasteiger partial charge in [-0.15, -0.1) is 0 Å². The number of halogens is 2. The van der Waals surface area contributed by atoms with Crippen LogP contribution in [0, 0.1) is 11.6 Å². The second-order valence-corrected chi connectivity index (χ2v) is 8.45. The fourth-order valence-corrected chi connectivity index (χ4v) is 3.60. The molecule has 0 saturated carbocycles. The molecule has 1 aromatic heterocycles. The average Bonchev–Trinajstić information content (AvgIpc) is 3.11. The van der Waals surface area contributed by atoms with Crippen molar-refractivity contribution in [2.45, 2.75) is 38.3 Å². The van der Waals surface area contributed by atoms with Gasteiger partial charge in [0.2, 0.25) is 0 Å². The number of amides is 1. The van der Waals surface area contributed by atoms with Gasteiger partial charge in [0.1, 0.15) is 17.7 Å². The van der Waals surface area contributed by atoms with Crippen molar-refractivity contribution < 1.29 is 18.3 Å². The standard InChI is InChI=1S/C24H22F2N2O2/c1-24(2,3)17-6-4-14(5-7-17)15-10-16(13-27-12-15)21-22(30-23(29)28-21)19-11-18(25)8-9-20(19)26/h4-13,21-22H,1-3H3,(H,28,29)/t21-,22?/m1/s1. The summed E-state index contributed by atoms with van der Waals surface area (Å²) in [5.41, 5.74) is 3.72. The van der Waals surface area contributed by atoms with E-state index in [4.69, 9.17) is 4.74 Å². The molecular formula is C24H22F2N2O2. The predicted octanol–water partition coefficient (Wildman–Crippen LogP) is 5.85. The first kappa shape index (κ1) is 20.0.